The van der Waals surface area contributed by atoms with Gasteiger partial charge in [-0.2, -0.15) is 0 Å². The van der Waals surface area contributed by atoms with Crippen molar-refractivity contribution in [2.24, 2.45) is 5.92 Å². The number of nitrogens with zero attached hydrogens (tertiary/aromatic N) is 2. The van der Waals surface area contributed by atoms with Gasteiger partial charge in [0, 0.05) is 37.7 Å². The van der Waals surface area contributed by atoms with Gasteiger partial charge < -0.3 is 15.5 Å². The van der Waals surface area contributed by atoms with Crippen LogP contribution in [0.4, 0.5) is 5.82 Å². The molecule has 0 aromatic carbocycles. The number of aryl methyl sites for hydroxylation is 2. The third-order valence-corrected chi connectivity index (χ3v) is 5.42. The van der Waals surface area contributed by atoms with Crippen LogP contribution in [0.3, 0.4) is 0 Å². The van der Waals surface area contributed by atoms with Gasteiger partial charge >= 0.3 is 0 Å². The van der Waals surface area contributed by atoms with E-state index in [0.717, 1.165) is 50.2 Å². The summed E-state index contributed by atoms with van der Waals surface area (Å²) in [5.74, 6) is 0.572. The van der Waals surface area contributed by atoms with E-state index in [1.54, 1.807) is 4.90 Å². The van der Waals surface area contributed by atoms with Crippen molar-refractivity contribution in [3.05, 3.63) is 23.4 Å². The highest BCUT2D eigenvalue weighted by Gasteiger charge is 2.30. The maximum Gasteiger partial charge on any atom is 0.223 e. The number of fused-ring (bicyclic) bond motifs is 1. The lowest BCUT2D eigenvalue weighted by molar-refractivity contribution is -0.142. The summed E-state index contributed by atoms with van der Waals surface area (Å²) < 4.78 is 0. The number of Topliss-reactive ketones (excluding diaryl/α,β-unsaturated/α-hetero) is 1. The molecule has 7 heteroatoms. The van der Waals surface area contributed by atoms with Crippen LogP contribution in [0.25, 0.3) is 0 Å². The largest absolute Gasteiger partial charge is 0.370 e. The Hall–Kier alpha value is -2.44. The van der Waals surface area contributed by atoms with E-state index in [-0.39, 0.29) is 36.5 Å². The molecule has 3 rings (SSSR count). The first-order valence-electron chi connectivity index (χ1n) is 10.3. The van der Waals surface area contributed by atoms with Crippen molar-refractivity contribution < 1.29 is 14.4 Å². The first kappa shape index (κ1) is 20.3. The molecular weight excluding hydrogens is 356 g/mol. The molecule has 1 saturated heterocycles. The lowest BCUT2D eigenvalue weighted by Gasteiger charge is -2.30. The number of unbranched alkanes of at least 4 members (excludes halogenated alkanes) is 1. The molecule has 1 unspecified atom stereocenters. The third kappa shape index (κ3) is 5.53. The highest BCUT2D eigenvalue weighted by atomic mass is 16.2. The number of hydrogen-bond donors (Lipinski definition) is 2. The summed E-state index contributed by atoms with van der Waals surface area (Å²) in [6, 6.07) is 4.27. The average Bonchev–Trinajstić information content (AvgIpc) is 2.68. The molecule has 0 radical (unpaired) electrons. The van der Waals surface area contributed by atoms with Crippen LogP contribution in [-0.2, 0) is 27.2 Å². The van der Waals surface area contributed by atoms with Gasteiger partial charge in [-0.05, 0) is 57.1 Å². The smallest absolute Gasteiger partial charge is 0.223 e. The third-order valence-electron chi connectivity index (χ3n) is 5.42. The first-order chi connectivity index (χ1) is 13.5. The minimum absolute atomic E-state index is 0.0274. The molecule has 7 nitrogen and oxygen atoms in total. The summed E-state index contributed by atoms with van der Waals surface area (Å²) in [4.78, 5) is 41.8. The van der Waals surface area contributed by atoms with Crippen LogP contribution in [0.5, 0.6) is 0 Å². The van der Waals surface area contributed by atoms with Crippen LogP contribution in [0, 0.1) is 5.92 Å². The molecule has 1 aromatic heterocycles. The number of aromatic nitrogens is 1. The summed E-state index contributed by atoms with van der Waals surface area (Å²) in [6.45, 7) is 3.71. The van der Waals surface area contributed by atoms with Crippen LogP contribution in [-0.4, -0.2) is 53.7 Å². The van der Waals surface area contributed by atoms with Gasteiger partial charge in [0.2, 0.25) is 11.8 Å². The molecule has 0 spiro atoms. The molecule has 0 aliphatic carbocycles. The Morgan fingerprint density at radius 3 is 2.96 bits per heavy atom. The van der Waals surface area contributed by atoms with Crippen molar-refractivity contribution in [1.29, 1.82) is 0 Å². The topological polar surface area (TPSA) is 91.4 Å². The summed E-state index contributed by atoms with van der Waals surface area (Å²) >= 11 is 0. The average molecular weight is 386 g/mol. The monoisotopic (exact) mass is 386 g/mol. The van der Waals surface area contributed by atoms with E-state index < -0.39 is 0 Å². The van der Waals surface area contributed by atoms with Crippen molar-refractivity contribution >= 4 is 23.4 Å². The molecule has 0 saturated carbocycles. The minimum atomic E-state index is -0.274. The maximum atomic E-state index is 12.3. The Bertz CT molecular complexity index is 734. The Labute approximate surface area is 166 Å². The fourth-order valence-electron chi connectivity index (χ4n) is 3.83. The van der Waals surface area contributed by atoms with E-state index in [0.29, 0.717) is 19.5 Å². The number of piperidine rings is 1. The van der Waals surface area contributed by atoms with Crippen molar-refractivity contribution in [2.45, 2.75) is 51.9 Å². The normalized spacial score (nSPS) is 19.0. The molecule has 1 aromatic rings. The van der Waals surface area contributed by atoms with Crippen molar-refractivity contribution in [1.82, 2.24) is 15.2 Å². The zero-order valence-electron chi connectivity index (χ0n) is 16.6. The highest BCUT2D eigenvalue weighted by molar-refractivity contribution is 5.89. The van der Waals surface area contributed by atoms with E-state index in [2.05, 4.69) is 22.8 Å². The van der Waals surface area contributed by atoms with Gasteiger partial charge in [-0.15, -0.1) is 0 Å². The zero-order chi connectivity index (χ0) is 19.9. The number of carbonyl (C=O) groups is 3. The Morgan fingerprint density at radius 1 is 1.32 bits per heavy atom. The molecular formula is C21H30N4O3. The first-order valence-corrected chi connectivity index (χ1v) is 10.3. The summed E-state index contributed by atoms with van der Waals surface area (Å²) in [7, 11) is 0. The van der Waals surface area contributed by atoms with Gasteiger partial charge in [0.15, 0.2) is 0 Å². The number of rotatable bonds is 8. The lowest BCUT2D eigenvalue weighted by Crippen LogP contribution is -2.45. The van der Waals surface area contributed by atoms with Gasteiger partial charge in [0.25, 0.3) is 0 Å². The molecule has 2 amide bonds. The summed E-state index contributed by atoms with van der Waals surface area (Å²) in [5, 5.41) is 6.31. The molecule has 2 N–H and O–H groups in total. The minimum Gasteiger partial charge on any atom is -0.370 e. The molecule has 0 bridgehead atoms. The fraction of sp³-hybridized carbons (Fsp3) is 0.619. The predicted molar refractivity (Wildman–Crippen MR) is 107 cm³/mol. The van der Waals surface area contributed by atoms with Crippen molar-refractivity contribution in [3.8, 4) is 0 Å². The van der Waals surface area contributed by atoms with Crippen LogP contribution in [0.1, 0.15) is 50.3 Å². The van der Waals surface area contributed by atoms with Gasteiger partial charge in [-0.3, -0.25) is 14.4 Å². The molecule has 1 fully saturated rings. The Kier molecular flexibility index (Phi) is 7.01. The number of hydrogen-bond acceptors (Lipinski definition) is 5. The molecule has 2 aliphatic rings. The number of likely N-dealkylation sites (tertiary alicyclic amines) is 1. The number of pyridine rings is 1. The Morgan fingerprint density at radius 2 is 2.18 bits per heavy atom. The van der Waals surface area contributed by atoms with Crippen molar-refractivity contribution in [2.75, 3.05) is 31.5 Å². The highest BCUT2D eigenvalue weighted by Crippen LogP contribution is 2.20. The van der Waals surface area contributed by atoms with E-state index in [1.165, 1.54) is 12.5 Å². The van der Waals surface area contributed by atoms with Crippen molar-refractivity contribution in [3.63, 3.8) is 0 Å². The number of carbonyl (C=O) groups excluding carboxylic acids is 3. The van der Waals surface area contributed by atoms with Gasteiger partial charge in [0.1, 0.15) is 11.6 Å². The molecule has 2 aliphatic heterocycles. The molecule has 152 valence electrons. The van der Waals surface area contributed by atoms with E-state index in [1.807, 2.05) is 0 Å². The van der Waals surface area contributed by atoms with E-state index in [4.69, 9.17) is 4.98 Å². The van der Waals surface area contributed by atoms with Gasteiger partial charge in [0.05, 0.1) is 6.54 Å². The van der Waals surface area contributed by atoms with E-state index >= 15 is 0 Å². The zero-order valence-corrected chi connectivity index (χ0v) is 16.6. The lowest BCUT2D eigenvalue weighted by atomic mass is 9.95. The SMILES string of the molecule is CC(=O)CN1CCC(C(=O)NCCCCc2ccc3c(n2)NCCC3)CC1=O. The van der Waals surface area contributed by atoms with E-state index in [9.17, 15) is 14.4 Å². The van der Waals surface area contributed by atoms with Crippen LogP contribution in [0.2, 0.25) is 0 Å². The maximum absolute atomic E-state index is 12.3. The van der Waals surface area contributed by atoms with Crippen LogP contribution < -0.4 is 10.6 Å². The number of ketones is 1. The Balaban J connectivity index is 1.34. The number of amides is 2. The van der Waals surface area contributed by atoms with Crippen LogP contribution in [0.15, 0.2) is 12.1 Å². The number of anilines is 1. The van der Waals surface area contributed by atoms with Crippen LogP contribution >= 0.6 is 0 Å². The van der Waals surface area contributed by atoms with Gasteiger partial charge in [-0.25, -0.2) is 4.98 Å². The second kappa shape index (κ2) is 9.66. The summed E-state index contributed by atoms with van der Waals surface area (Å²) in [6.07, 6.45) is 5.82. The fourth-order valence-corrected chi connectivity index (χ4v) is 3.83. The quantitative estimate of drug-likeness (QED) is 0.664. The number of nitrogens with one attached hydrogen (secondary N) is 2. The van der Waals surface area contributed by atoms with Gasteiger partial charge in [-0.1, -0.05) is 6.07 Å². The second-order valence-corrected chi connectivity index (χ2v) is 7.80. The molecule has 1 atom stereocenters. The molecule has 3 heterocycles. The molecule has 28 heavy (non-hydrogen) atoms. The summed E-state index contributed by atoms with van der Waals surface area (Å²) in [5.41, 5.74) is 2.38. The standard InChI is InChI=1S/C21H30N4O3/c1-15(26)14-25-12-9-17(13-19(25)27)21(28)23-10-3-2-6-18-8-7-16-5-4-11-22-20(16)24-18/h7-8,17H,2-6,9-14H2,1H3,(H,22,24)(H,23,28). The predicted octanol–water partition coefficient (Wildman–Crippen LogP) is 1.71. The second-order valence-electron chi connectivity index (χ2n) is 7.80.